The van der Waals surface area contributed by atoms with E-state index < -0.39 is 0 Å². The van der Waals surface area contributed by atoms with Gasteiger partial charge in [-0.2, -0.15) is 0 Å². The topological polar surface area (TPSA) is 45.2 Å². The van der Waals surface area contributed by atoms with E-state index in [1.54, 1.807) is 0 Å². The summed E-state index contributed by atoms with van der Waals surface area (Å²) in [6.07, 6.45) is 9.19. The van der Waals surface area contributed by atoms with Crippen molar-refractivity contribution in [3.8, 4) is 0 Å². The fraction of sp³-hybridized carbons (Fsp3) is 0.643. The van der Waals surface area contributed by atoms with Gasteiger partial charge >= 0.3 is 0 Å². The van der Waals surface area contributed by atoms with E-state index in [2.05, 4.69) is 17.2 Å². The van der Waals surface area contributed by atoms with Gasteiger partial charge in [-0.15, -0.1) is 0 Å². The van der Waals surface area contributed by atoms with Gasteiger partial charge in [-0.3, -0.25) is 4.98 Å². The minimum Gasteiger partial charge on any atom is -0.392 e. The maximum atomic E-state index is 10.0. The highest BCUT2D eigenvalue weighted by molar-refractivity contribution is 5.21. The van der Waals surface area contributed by atoms with Crippen molar-refractivity contribution in [2.75, 3.05) is 0 Å². The molecule has 1 aliphatic carbocycles. The molecule has 2 rings (SSSR count). The Hall–Kier alpha value is -0.930. The Morgan fingerprint density at radius 1 is 1.35 bits per heavy atom. The molecule has 1 heterocycles. The number of aliphatic hydroxyl groups is 1. The van der Waals surface area contributed by atoms with Crippen LogP contribution in [0.4, 0.5) is 0 Å². The number of hydrogen-bond donors (Lipinski definition) is 2. The van der Waals surface area contributed by atoms with Gasteiger partial charge in [0, 0.05) is 25.0 Å². The SMILES string of the molecule is Cc1ccncc1CNC1CCCCCC1O. The molecule has 3 heteroatoms. The molecule has 0 aliphatic heterocycles. The van der Waals surface area contributed by atoms with Crippen LogP contribution in [0.3, 0.4) is 0 Å². The average Bonchev–Trinajstić information content (AvgIpc) is 2.53. The smallest absolute Gasteiger partial charge is 0.0693 e. The van der Waals surface area contributed by atoms with E-state index in [4.69, 9.17) is 0 Å². The Morgan fingerprint density at radius 2 is 2.18 bits per heavy atom. The van der Waals surface area contributed by atoms with Crippen LogP contribution < -0.4 is 5.32 Å². The summed E-state index contributed by atoms with van der Waals surface area (Å²) in [6.45, 7) is 2.91. The number of rotatable bonds is 3. The van der Waals surface area contributed by atoms with Crippen LogP contribution in [0.5, 0.6) is 0 Å². The van der Waals surface area contributed by atoms with Crippen LogP contribution in [-0.4, -0.2) is 22.2 Å². The van der Waals surface area contributed by atoms with Crippen molar-refractivity contribution in [1.29, 1.82) is 0 Å². The summed E-state index contributed by atoms with van der Waals surface area (Å²) in [4.78, 5) is 4.14. The average molecular weight is 234 g/mol. The maximum Gasteiger partial charge on any atom is 0.0693 e. The molecule has 17 heavy (non-hydrogen) atoms. The number of nitrogens with one attached hydrogen (secondary N) is 1. The fourth-order valence-corrected chi connectivity index (χ4v) is 2.45. The molecule has 2 atom stereocenters. The van der Waals surface area contributed by atoms with Crippen LogP contribution in [-0.2, 0) is 6.54 Å². The normalized spacial score (nSPS) is 25.5. The first-order chi connectivity index (χ1) is 8.27. The van der Waals surface area contributed by atoms with Gasteiger partial charge in [-0.05, 0) is 37.0 Å². The molecule has 3 nitrogen and oxygen atoms in total. The minimum absolute atomic E-state index is 0.186. The van der Waals surface area contributed by atoms with Crippen molar-refractivity contribution in [2.45, 2.75) is 57.7 Å². The van der Waals surface area contributed by atoms with E-state index in [9.17, 15) is 5.11 Å². The van der Waals surface area contributed by atoms with Gasteiger partial charge in [-0.1, -0.05) is 19.3 Å². The summed E-state index contributed by atoms with van der Waals surface area (Å²) >= 11 is 0. The monoisotopic (exact) mass is 234 g/mol. The molecule has 1 aromatic heterocycles. The number of aryl methyl sites for hydroxylation is 1. The zero-order chi connectivity index (χ0) is 12.1. The van der Waals surface area contributed by atoms with Gasteiger partial charge in [0.1, 0.15) is 0 Å². The molecular weight excluding hydrogens is 212 g/mol. The number of aliphatic hydroxyl groups excluding tert-OH is 1. The van der Waals surface area contributed by atoms with E-state index in [1.165, 1.54) is 24.0 Å². The molecule has 1 aromatic rings. The highest BCUT2D eigenvalue weighted by Gasteiger charge is 2.20. The van der Waals surface area contributed by atoms with E-state index in [0.29, 0.717) is 0 Å². The second kappa shape index (κ2) is 6.12. The largest absolute Gasteiger partial charge is 0.392 e. The van der Waals surface area contributed by atoms with Crippen molar-refractivity contribution in [1.82, 2.24) is 10.3 Å². The van der Waals surface area contributed by atoms with Gasteiger partial charge in [0.05, 0.1) is 6.10 Å². The summed E-state index contributed by atoms with van der Waals surface area (Å²) in [5, 5.41) is 13.5. The molecule has 0 amide bonds. The first-order valence-electron chi connectivity index (χ1n) is 6.58. The molecule has 0 aromatic carbocycles. The van der Waals surface area contributed by atoms with Crippen molar-refractivity contribution < 1.29 is 5.11 Å². The summed E-state index contributed by atoms with van der Waals surface area (Å²) in [7, 11) is 0. The lowest BCUT2D eigenvalue weighted by atomic mass is 10.1. The zero-order valence-electron chi connectivity index (χ0n) is 10.5. The number of nitrogens with zero attached hydrogens (tertiary/aromatic N) is 1. The number of hydrogen-bond acceptors (Lipinski definition) is 3. The molecule has 0 spiro atoms. The van der Waals surface area contributed by atoms with E-state index in [1.807, 2.05) is 18.5 Å². The summed E-state index contributed by atoms with van der Waals surface area (Å²) < 4.78 is 0. The van der Waals surface area contributed by atoms with Crippen LogP contribution >= 0.6 is 0 Å². The molecule has 2 unspecified atom stereocenters. The Bertz CT molecular complexity index is 354. The van der Waals surface area contributed by atoms with Crippen molar-refractivity contribution in [3.63, 3.8) is 0 Å². The van der Waals surface area contributed by atoms with Crippen LogP contribution in [0.1, 0.15) is 43.2 Å². The number of aromatic nitrogens is 1. The maximum absolute atomic E-state index is 10.0. The fourth-order valence-electron chi connectivity index (χ4n) is 2.45. The lowest BCUT2D eigenvalue weighted by Crippen LogP contribution is -2.38. The van der Waals surface area contributed by atoms with Crippen molar-refractivity contribution >= 4 is 0 Å². The number of pyridine rings is 1. The Kier molecular flexibility index (Phi) is 4.51. The van der Waals surface area contributed by atoms with Gasteiger partial charge < -0.3 is 10.4 Å². The van der Waals surface area contributed by atoms with Crippen LogP contribution in [0.2, 0.25) is 0 Å². The van der Waals surface area contributed by atoms with Gasteiger partial charge in [0.2, 0.25) is 0 Å². The molecule has 1 aliphatic rings. The highest BCUT2D eigenvalue weighted by atomic mass is 16.3. The molecule has 0 saturated heterocycles. The predicted octanol–water partition coefficient (Wildman–Crippen LogP) is 2.17. The molecular formula is C14H22N2O. The Morgan fingerprint density at radius 3 is 3.00 bits per heavy atom. The zero-order valence-corrected chi connectivity index (χ0v) is 10.5. The van der Waals surface area contributed by atoms with Gasteiger partial charge in [0.25, 0.3) is 0 Å². The van der Waals surface area contributed by atoms with Crippen LogP contribution in [0.15, 0.2) is 18.5 Å². The third-order valence-corrected chi connectivity index (χ3v) is 3.68. The summed E-state index contributed by atoms with van der Waals surface area (Å²) in [6, 6.07) is 2.28. The molecule has 1 fully saturated rings. The predicted molar refractivity (Wildman–Crippen MR) is 68.7 cm³/mol. The molecule has 0 bridgehead atoms. The Labute approximate surface area is 103 Å². The second-order valence-corrected chi connectivity index (χ2v) is 4.99. The standard InChI is InChI=1S/C14H22N2O/c1-11-7-8-15-9-12(11)10-16-13-5-3-2-4-6-14(13)17/h7-9,13-14,16-17H,2-6,10H2,1H3. The minimum atomic E-state index is -0.186. The Balaban J connectivity index is 1.90. The summed E-state index contributed by atoms with van der Waals surface area (Å²) in [5.74, 6) is 0. The third kappa shape index (κ3) is 3.51. The molecule has 2 N–H and O–H groups in total. The lowest BCUT2D eigenvalue weighted by molar-refractivity contribution is 0.119. The lowest BCUT2D eigenvalue weighted by Gasteiger charge is -2.22. The molecule has 0 radical (unpaired) electrons. The quantitative estimate of drug-likeness (QED) is 0.788. The van der Waals surface area contributed by atoms with Gasteiger partial charge in [-0.25, -0.2) is 0 Å². The third-order valence-electron chi connectivity index (χ3n) is 3.68. The second-order valence-electron chi connectivity index (χ2n) is 4.99. The molecule has 94 valence electrons. The highest BCUT2D eigenvalue weighted by Crippen LogP contribution is 2.18. The van der Waals surface area contributed by atoms with Crippen molar-refractivity contribution in [2.24, 2.45) is 0 Å². The molecule has 1 saturated carbocycles. The van der Waals surface area contributed by atoms with Crippen molar-refractivity contribution in [3.05, 3.63) is 29.6 Å². The summed E-state index contributed by atoms with van der Waals surface area (Å²) in [5.41, 5.74) is 2.49. The first kappa shape index (κ1) is 12.5. The van der Waals surface area contributed by atoms with E-state index >= 15 is 0 Å². The first-order valence-corrected chi connectivity index (χ1v) is 6.58. The van der Waals surface area contributed by atoms with Crippen LogP contribution in [0, 0.1) is 6.92 Å². The van der Waals surface area contributed by atoms with E-state index in [-0.39, 0.29) is 12.1 Å². The van der Waals surface area contributed by atoms with Crippen LogP contribution in [0.25, 0.3) is 0 Å². The van der Waals surface area contributed by atoms with Gasteiger partial charge in [0.15, 0.2) is 0 Å². The van der Waals surface area contributed by atoms with E-state index in [0.717, 1.165) is 25.8 Å².